The van der Waals surface area contributed by atoms with Crippen LogP contribution < -0.4 is 15.6 Å². The Morgan fingerprint density at radius 2 is 1.88 bits per heavy atom. The molecule has 0 aliphatic carbocycles. The molecule has 0 radical (unpaired) electrons. The second-order valence-electron chi connectivity index (χ2n) is 12.3. The number of hydrogen-bond donors (Lipinski definition) is 3. The van der Waals surface area contributed by atoms with Gasteiger partial charge in [-0.3, -0.25) is 19.0 Å². The quantitative estimate of drug-likeness (QED) is 0.370. The SMILES string of the molecule is COc1cccn(-c2ccc3c(c2)[C@@]2(O[C@H](CC(=O)N4Cc5ccccc5C[C@H]4CO)[C@@H]([Si](C)(C)O)[C@@H]2C)C(=O)N3)c1=O. The van der Waals surface area contributed by atoms with Gasteiger partial charge in [0.2, 0.25) is 5.91 Å². The van der Waals surface area contributed by atoms with Crippen molar-refractivity contribution >= 4 is 25.8 Å². The van der Waals surface area contributed by atoms with Crippen molar-refractivity contribution in [2.45, 2.75) is 62.7 Å². The van der Waals surface area contributed by atoms with Crippen molar-refractivity contribution in [1.29, 1.82) is 0 Å². The zero-order valence-electron chi connectivity index (χ0n) is 24.7. The Labute approximate surface area is 251 Å². The number of aliphatic hydroxyl groups is 1. The maximum atomic E-state index is 13.9. The number of aromatic nitrogens is 1. The van der Waals surface area contributed by atoms with Crippen molar-refractivity contribution in [2.24, 2.45) is 5.92 Å². The summed E-state index contributed by atoms with van der Waals surface area (Å²) < 4.78 is 13.4. The summed E-state index contributed by atoms with van der Waals surface area (Å²) in [6, 6.07) is 16.1. The third-order valence-electron chi connectivity index (χ3n) is 9.39. The van der Waals surface area contributed by atoms with Gasteiger partial charge in [0.05, 0.1) is 32.3 Å². The smallest absolute Gasteiger partial charge is 0.297 e. The van der Waals surface area contributed by atoms with Crippen LogP contribution >= 0.6 is 0 Å². The normalized spacial score (nSPS) is 26.3. The number of rotatable bonds is 6. The van der Waals surface area contributed by atoms with Crippen LogP contribution in [0.2, 0.25) is 18.6 Å². The molecule has 0 unspecified atom stereocenters. The van der Waals surface area contributed by atoms with E-state index in [0.29, 0.717) is 29.9 Å². The lowest BCUT2D eigenvalue weighted by Crippen LogP contribution is -2.48. The van der Waals surface area contributed by atoms with Crippen molar-refractivity contribution in [3.63, 3.8) is 0 Å². The molecule has 1 spiro atoms. The molecule has 0 saturated carbocycles. The van der Waals surface area contributed by atoms with Crippen LogP contribution in [0.3, 0.4) is 0 Å². The van der Waals surface area contributed by atoms with E-state index in [-0.39, 0.29) is 42.2 Å². The Morgan fingerprint density at radius 1 is 1.14 bits per heavy atom. The summed E-state index contributed by atoms with van der Waals surface area (Å²) in [5, 5.41) is 13.1. The van der Waals surface area contributed by atoms with E-state index in [2.05, 4.69) is 5.32 Å². The lowest BCUT2D eigenvalue weighted by atomic mass is 9.82. The van der Waals surface area contributed by atoms with E-state index in [9.17, 15) is 24.3 Å². The van der Waals surface area contributed by atoms with E-state index in [1.165, 1.54) is 11.7 Å². The standard InChI is InChI=1S/C32H37N3O7Si/c1-19-29(43(3,4)40)27(16-28(37)35-17-21-9-6-5-8-20(21)14-23(35)18-36)42-32(19)24-15-22(11-12-25(24)33-31(32)39)34-13-7-10-26(41-2)30(34)38/h5-13,15,19,23,27,29,36,40H,14,16-18H2,1-4H3,(H,33,39)/t19-,23-,27+,29-,32+/m0/s1. The van der Waals surface area contributed by atoms with Crippen molar-refractivity contribution in [3.8, 4) is 11.4 Å². The molecule has 0 bridgehead atoms. The molecule has 2 amide bonds. The number of methoxy groups -OCH3 is 1. The van der Waals surface area contributed by atoms with E-state index in [4.69, 9.17) is 9.47 Å². The van der Waals surface area contributed by atoms with E-state index >= 15 is 0 Å². The second kappa shape index (κ2) is 10.7. The molecule has 6 rings (SSSR count). The maximum Gasteiger partial charge on any atom is 0.297 e. The second-order valence-corrected chi connectivity index (χ2v) is 16.3. The minimum Gasteiger partial charge on any atom is -0.491 e. The summed E-state index contributed by atoms with van der Waals surface area (Å²) in [5.41, 5.74) is 1.57. The van der Waals surface area contributed by atoms with Gasteiger partial charge in [-0.25, -0.2) is 0 Å². The van der Waals surface area contributed by atoms with Gasteiger partial charge in [0.1, 0.15) is 0 Å². The van der Waals surface area contributed by atoms with E-state index in [1.54, 1.807) is 41.4 Å². The average molecular weight is 604 g/mol. The Morgan fingerprint density at radius 3 is 2.58 bits per heavy atom. The molecule has 226 valence electrons. The minimum atomic E-state index is -2.99. The molecule has 2 aromatic carbocycles. The molecule has 4 heterocycles. The van der Waals surface area contributed by atoms with Gasteiger partial charge in [0.15, 0.2) is 19.7 Å². The van der Waals surface area contributed by atoms with Crippen molar-refractivity contribution < 1.29 is 29.0 Å². The number of amides is 2. The highest BCUT2D eigenvalue weighted by Gasteiger charge is 2.65. The Bertz CT molecular complexity index is 1650. The summed E-state index contributed by atoms with van der Waals surface area (Å²) in [6.45, 7) is 5.72. The van der Waals surface area contributed by atoms with Crippen LogP contribution in [0.4, 0.5) is 5.69 Å². The van der Waals surface area contributed by atoms with Crippen molar-refractivity contribution in [3.05, 3.63) is 87.8 Å². The van der Waals surface area contributed by atoms with Gasteiger partial charge in [0.25, 0.3) is 11.5 Å². The molecule has 3 aliphatic heterocycles. The number of nitrogens with zero attached hydrogens (tertiary/aromatic N) is 2. The summed E-state index contributed by atoms with van der Waals surface area (Å²) in [5.74, 6) is -0.832. The number of aliphatic hydroxyl groups excluding tert-OH is 1. The molecule has 3 N–H and O–H groups in total. The van der Waals surface area contributed by atoms with Crippen LogP contribution in [0, 0.1) is 5.92 Å². The number of carbonyl (C=O) groups excluding carboxylic acids is 2. The molecule has 3 aromatic rings. The Balaban J connectivity index is 1.37. The van der Waals surface area contributed by atoms with Crippen LogP contribution in [-0.4, -0.2) is 65.4 Å². The first kappa shape index (κ1) is 29.3. The third-order valence-corrected chi connectivity index (χ3v) is 11.9. The van der Waals surface area contributed by atoms with Crippen LogP contribution in [0.1, 0.15) is 30.0 Å². The topological polar surface area (TPSA) is 130 Å². The number of benzene rings is 2. The zero-order chi connectivity index (χ0) is 30.7. The summed E-state index contributed by atoms with van der Waals surface area (Å²) >= 11 is 0. The number of fused-ring (bicyclic) bond motifs is 3. The van der Waals surface area contributed by atoms with Crippen LogP contribution in [-0.2, 0) is 32.9 Å². The molecule has 10 nitrogen and oxygen atoms in total. The van der Waals surface area contributed by atoms with Crippen LogP contribution in [0.5, 0.6) is 5.75 Å². The van der Waals surface area contributed by atoms with Gasteiger partial charge in [-0.2, -0.15) is 0 Å². The highest BCUT2D eigenvalue weighted by atomic mass is 28.4. The highest BCUT2D eigenvalue weighted by Crippen LogP contribution is 2.58. The zero-order valence-corrected chi connectivity index (χ0v) is 25.7. The molecule has 1 aromatic heterocycles. The maximum absolute atomic E-state index is 13.9. The van der Waals surface area contributed by atoms with E-state index in [0.717, 1.165) is 11.1 Å². The lowest BCUT2D eigenvalue weighted by molar-refractivity contribution is -0.149. The van der Waals surface area contributed by atoms with Crippen molar-refractivity contribution in [2.75, 3.05) is 19.0 Å². The third kappa shape index (κ3) is 4.71. The van der Waals surface area contributed by atoms with Gasteiger partial charge < -0.3 is 29.6 Å². The fourth-order valence-electron chi connectivity index (χ4n) is 7.40. The highest BCUT2D eigenvalue weighted by molar-refractivity contribution is 6.71. The minimum absolute atomic E-state index is 0.0376. The molecule has 5 atom stereocenters. The first-order chi connectivity index (χ1) is 20.5. The van der Waals surface area contributed by atoms with E-state index in [1.807, 2.05) is 44.3 Å². The Kier molecular flexibility index (Phi) is 7.32. The lowest BCUT2D eigenvalue weighted by Gasteiger charge is -2.37. The summed E-state index contributed by atoms with van der Waals surface area (Å²) in [6.07, 6.45) is 1.41. The molecule has 3 aliphatic rings. The summed E-state index contributed by atoms with van der Waals surface area (Å²) in [4.78, 5) is 53.9. The predicted molar refractivity (Wildman–Crippen MR) is 163 cm³/mol. The number of pyridine rings is 1. The van der Waals surface area contributed by atoms with Gasteiger partial charge in [-0.1, -0.05) is 31.2 Å². The van der Waals surface area contributed by atoms with Gasteiger partial charge >= 0.3 is 0 Å². The first-order valence-corrected chi connectivity index (χ1v) is 17.6. The van der Waals surface area contributed by atoms with E-state index < -0.39 is 31.5 Å². The summed E-state index contributed by atoms with van der Waals surface area (Å²) in [7, 11) is -1.56. The molecular weight excluding hydrogens is 566 g/mol. The fraction of sp³-hybridized carbons (Fsp3) is 0.406. The predicted octanol–water partition coefficient (Wildman–Crippen LogP) is 2.93. The number of anilines is 1. The largest absolute Gasteiger partial charge is 0.491 e. The first-order valence-electron chi connectivity index (χ1n) is 14.6. The van der Waals surface area contributed by atoms with Crippen LogP contribution in [0.25, 0.3) is 5.69 Å². The molecule has 43 heavy (non-hydrogen) atoms. The number of nitrogens with one attached hydrogen (secondary N) is 1. The van der Waals surface area contributed by atoms with Gasteiger partial charge in [-0.05, 0) is 61.0 Å². The van der Waals surface area contributed by atoms with Gasteiger partial charge in [-0.15, -0.1) is 0 Å². The monoisotopic (exact) mass is 603 g/mol. The van der Waals surface area contributed by atoms with Crippen LogP contribution in [0.15, 0.2) is 65.6 Å². The fourth-order valence-corrected chi connectivity index (χ4v) is 9.95. The molecule has 11 heteroatoms. The average Bonchev–Trinajstić information content (AvgIpc) is 3.44. The van der Waals surface area contributed by atoms with Crippen molar-refractivity contribution in [1.82, 2.24) is 9.47 Å². The number of ether oxygens (including phenoxy) is 2. The Hall–Kier alpha value is -3.77. The number of hydrogen-bond acceptors (Lipinski definition) is 7. The molecular formula is C32H37N3O7Si. The number of carbonyl (C=O) groups is 2. The van der Waals surface area contributed by atoms with Gasteiger partial charge in [0, 0.05) is 41.1 Å². The molecule has 1 saturated heterocycles. The molecule has 1 fully saturated rings.